The summed E-state index contributed by atoms with van der Waals surface area (Å²) in [6.45, 7) is 13.1. The SMILES string of the molecule is C=CC(=O)/C(=C\C=C/C)N1CCNCC1.CC. The largest absolute Gasteiger partial charge is 0.366 e. The molecule has 0 aliphatic carbocycles. The van der Waals surface area contributed by atoms with E-state index in [1.165, 1.54) is 6.08 Å². The molecule has 1 rings (SSSR count). The van der Waals surface area contributed by atoms with E-state index in [4.69, 9.17) is 0 Å². The smallest absolute Gasteiger partial charge is 0.201 e. The van der Waals surface area contributed by atoms with Crippen LogP contribution in [0, 0.1) is 0 Å². The van der Waals surface area contributed by atoms with Crippen molar-refractivity contribution in [2.45, 2.75) is 20.8 Å². The molecule has 0 aromatic rings. The molecule has 0 saturated carbocycles. The Morgan fingerprint density at radius 1 is 1.29 bits per heavy atom. The van der Waals surface area contributed by atoms with Crippen molar-refractivity contribution in [3.63, 3.8) is 0 Å². The molecule has 3 heteroatoms. The molecule has 1 aliphatic heterocycles. The summed E-state index contributed by atoms with van der Waals surface area (Å²) in [5.74, 6) is -0.00463. The maximum absolute atomic E-state index is 11.6. The summed E-state index contributed by atoms with van der Waals surface area (Å²) in [7, 11) is 0. The van der Waals surface area contributed by atoms with Crippen molar-refractivity contribution in [1.82, 2.24) is 10.2 Å². The van der Waals surface area contributed by atoms with Crippen molar-refractivity contribution in [3.05, 3.63) is 36.6 Å². The van der Waals surface area contributed by atoms with Gasteiger partial charge in [0.05, 0.1) is 5.70 Å². The predicted molar refractivity (Wildman–Crippen MR) is 73.9 cm³/mol. The first-order chi connectivity index (χ1) is 8.29. The van der Waals surface area contributed by atoms with Crippen LogP contribution >= 0.6 is 0 Å². The van der Waals surface area contributed by atoms with Gasteiger partial charge in [-0.3, -0.25) is 4.79 Å². The number of allylic oxidation sites excluding steroid dienone is 4. The monoisotopic (exact) mass is 236 g/mol. The molecule has 1 saturated heterocycles. The third-order valence-corrected chi connectivity index (χ3v) is 2.34. The van der Waals surface area contributed by atoms with E-state index in [2.05, 4.69) is 16.8 Å². The van der Waals surface area contributed by atoms with Crippen LogP contribution in [-0.2, 0) is 4.79 Å². The van der Waals surface area contributed by atoms with Crippen LogP contribution in [-0.4, -0.2) is 36.9 Å². The van der Waals surface area contributed by atoms with Crippen LogP contribution in [0.5, 0.6) is 0 Å². The lowest BCUT2D eigenvalue weighted by molar-refractivity contribution is -0.112. The molecule has 0 bridgehead atoms. The molecule has 0 aromatic carbocycles. The summed E-state index contributed by atoms with van der Waals surface area (Å²) in [6.07, 6.45) is 7.03. The van der Waals surface area contributed by atoms with E-state index in [1.807, 2.05) is 39.0 Å². The quantitative estimate of drug-likeness (QED) is 0.599. The molecule has 3 nitrogen and oxygen atoms in total. The third-order valence-electron chi connectivity index (χ3n) is 2.34. The van der Waals surface area contributed by atoms with Crippen LogP contribution in [0.15, 0.2) is 36.6 Å². The molecule has 0 aromatic heterocycles. The Bertz CT molecular complexity index is 287. The molecule has 0 unspecified atom stereocenters. The van der Waals surface area contributed by atoms with Crippen LogP contribution in [0.3, 0.4) is 0 Å². The molecule has 0 spiro atoms. The number of nitrogens with zero attached hydrogens (tertiary/aromatic N) is 1. The Labute approximate surface area is 105 Å². The maximum atomic E-state index is 11.6. The van der Waals surface area contributed by atoms with Crippen LogP contribution in [0.1, 0.15) is 20.8 Å². The minimum atomic E-state index is -0.00463. The minimum Gasteiger partial charge on any atom is -0.366 e. The Hall–Kier alpha value is -1.35. The summed E-state index contributed by atoms with van der Waals surface area (Å²) in [4.78, 5) is 13.7. The lowest BCUT2D eigenvalue weighted by Gasteiger charge is -2.30. The van der Waals surface area contributed by atoms with E-state index in [0.29, 0.717) is 0 Å². The van der Waals surface area contributed by atoms with Crippen LogP contribution < -0.4 is 5.32 Å². The van der Waals surface area contributed by atoms with Gasteiger partial charge < -0.3 is 10.2 Å². The molecule has 1 aliphatic rings. The number of hydrogen-bond donors (Lipinski definition) is 1. The van der Waals surface area contributed by atoms with Crippen molar-refractivity contribution in [3.8, 4) is 0 Å². The molecular weight excluding hydrogens is 212 g/mol. The molecule has 17 heavy (non-hydrogen) atoms. The van der Waals surface area contributed by atoms with Crippen molar-refractivity contribution in [1.29, 1.82) is 0 Å². The van der Waals surface area contributed by atoms with Crippen LogP contribution in [0.4, 0.5) is 0 Å². The molecule has 0 atom stereocenters. The number of rotatable bonds is 4. The third kappa shape index (κ3) is 5.50. The lowest BCUT2D eigenvalue weighted by atomic mass is 10.2. The maximum Gasteiger partial charge on any atom is 0.201 e. The van der Waals surface area contributed by atoms with E-state index < -0.39 is 0 Å². The highest BCUT2D eigenvalue weighted by molar-refractivity contribution is 6.03. The second-order valence-corrected chi connectivity index (χ2v) is 3.38. The van der Waals surface area contributed by atoms with Gasteiger partial charge >= 0.3 is 0 Å². The molecule has 96 valence electrons. The van der Waals surface area contributed by atoms with Gasteiger partial charge in [0.2, 0.25) is 5.78 Å². The van der Waals surface area contributed by atoms with Gasteiger partial charge in [-0.15, -0.1) is 0 Å². The zero-order chi connectivity index (χ0) is 13.1. The first kappa shape index (κ1) is 15.7. The lowest BCUT2D eigenvalue weighted by Crippen LogP contribution is -2.44. The van der Waals surface area contributed by atoms with Crippen molar-refractivity contribution >= 4 is 5.78 Å². The second-order valence-electron chi connectivity index (χ2n) is 3.38. The highest BCUT2D eigenvalue weighted by atomic mass is 16.1. The summed E-state index contributed by atoms with van der Waals surface area (Å²) in [5.41, 5.74) is 0.740. The van der Waals surface area contributed by atoms with E-state index >= 15 is 0 Å². The van der Waals surface area contributed by atoms with Gasteiger partial charge in [0.15, 0.2) is 0 Å². The number of carbonyl (C=O) groups is 1. The molecule has 1 heterocycles. The average Bonchev–Trinajstić information content (AvgIpc) is 2.42. The summed E-state index contributed by atoms with van der Waals surface area (Å²) in [6, 6.07) is 0. The number of nitrogens with one attached hydrogen (secondary N) is 1. The Morgan fingerprint density at radius 2 is 1.88 bits per heavy atom. The standard InChI is InChI=1S/C12H18N2O.C2H6/c1-3-5-6-11(12(15)4-2)14-9-7-13-8-10-14;1-2/h3-6,13H,2,7-10H2,1H3;1-2H3/b5-3-,11-6+;. The first-order valence-electron chi connectivity index (χ1n) is 6.25. The van der Waals surface area contributed by atoms with Crippen molar-refractivity contribution in [2.24, 2.45) is 0 Å². The average molecular weight is 236 g/mol. The summed E-state index contributed by atoms with van der Waals surface area (Å²) in [5, 5.41) is 3.26. The number of carbonyl (C=O) groups excluding carboxylic acids is 1. The van der Waals surface area contributed by atoms with E-state index in [-0.39, 0.29) is 5.78 Å². The predicted octanol–water partition coefficient (Wildman–Crippen LogP) is 2.13. The Morgan fingerprint density at radius 3 is 2.35 bits per heavy atom. The fourth-order valence-corrected chi connectivity index (χ4v) is 1.54. The zero-order valence-corrected chi connectivity index (χ0v) is 11.2. The van der Waals surface area contributed by atoms with Gasteiger partial charge in [-0.05, 0) is 19.1 Å². The fourth-order valence-electron chi connectivity index (χ4n) is 1.54. The van der Waals surface area contributed by atoms with Gasteiger partial charge in [-0.1, -0.05) is 32.6 Å². The highest BCUT2D eigenvalue weighted by Gasteiger charge is 2.16. The molecular formula is C14H24N2O. The zero-order valence-electron chi connectivity index (χ0n) is 11.2. The van der Waals surface area contributed by atoms with Crippen molar-refractivity contribution in [2.75, 3.05) is 26.2 Å². The Balaban J connectivity index is 0.00000121. The summed E-state index contributed by atoms with van der Waals surface area (Å²) >= 11 is 0. The highest BCUT2D eigenvalue weighted by Crippen LogP contribution is 2.08. The minimum absolute atomic E-state index is 0.00463. The molecule has 0 amide bonds. The van der Waals surface area contributed by atoms with Gasteiger partial charge in [0.25, 0.3) is 0 Å². The van der Waals surface area contributed by atoms with E-state index in [1.54, 1.807) is 0 Å². The van der Waals surface area contributed by atoms with Gasteiger partial charge in [-0.2, -0.15) is 0 Å². The Kier molecular flexibility index (Phi) is 9.06. The van der Waals surface area contributed by atoms with E-state index in [9.17, 15) is 4.79 Å². The normalized spacial score (nSPS) is 16.4. The molecule has 1 N–H and O–H groups in total. The number of ketones is 1. The number of hydrogen-bond acceptors (Lipinski definition) is 3. The van der Waals surface area contributed by atoms with Crippen molar-refractivity contribution < 1.29 is 4.79 Å². The second kappa shape index (κ2) is 9.85. The van der Waals surface area contributed by atoms with Gasteiger partial charge in [-0.25, -0.2) is 0 Å². The number of piperazine rings is 1. The first-order valence-corrected chi connectivity index (χ1v) is 6.25. The van der Waals surface area contributed by atoms with Gasteiger partial charge in [0, 0.05) is 26.2 Å². The van der Waals surface area contributed by atoms with E-state index in [0.717, 1.165) is 31.9 Å². The molecule has 0 radical (unpaired) electrons. The van der Waals surface area contributed by atoms with Crippen LogP contribution in [0.25, 0.3) is 0 Å². The topological polar surface area (TPSA) is 32.3 Å². The fraction of sp³-hybridized carbons (Fsp3) is 0.500. The van der Waals surface area contributed by atoms with Gasteiger partial charge in [0.1, 0.15) is 0 Å². The summed E-state index contributed by atoms with van der Waals surface area (Å²) < 4.78 is 0. The van der Waals surface area contributed by atoms with Crippen LogP contribution in [0.2, 0.25) is 0 Å². The molecule has 1 fully saturated rings.